The van der Waals surface area contributed by atoms with E-state index in [0.717, 1.165) is 24.2 Å². The Labute approximate surface area is 176 Å². The number of carbonyl (C=O) groups is 1. The number of nitrogens with zero attached hydrogens (tertiary/aromatic N) is 1. The van der Waals surface area contributed by atoms with Gasteiger partial charge in [-0.3, -0.25) is 4.79 Å². The molecule has 162 valence electrons. The summed E-state index contributed by atoms with van der Waals surface area (Å²) in [5.41, 5.74) is 1.93. The van der Waals surface area contributed by atoms with Crippen molar-refractivity contribution < 1.29 is 19.4 Å². The van der Waals surface area contributed by atoms with Crippen molar-refractivity contribution in [3.8, 4) is 22.9 Å². The number of ether oxygens (including phenoxy) is 2. The van der Waals surface area contributed by atoms with Gasteiger partial charge in [0.1, 0.15) is 11.5 Å². The lowest BCUT2D eigenvalue weighted by Gasteiger charge is -2.36. The molecule has 1 aliphatic rings. The van der Waals surface area contributed by atoms with Crippen LogP contribution >= 0.6 is 0 Å². The standard InChI is InChI=1S/C23H30N2O5/c1-7-8-9-30-15-11-13-10-14(23(3,4)5)16-19(18(13)24-12(15)2)25-21(27)17(20(16)26)22(28)29-6/h11,14H,7-10H2,1-6H3,(H2,25,26,27). The van der Waals surface area contributed by atoms with Gasteiger partial charge in [0.15, 0.2) is 5.56 Å². The molecule has 1 unspecified atom stereocenters. The van der Waals surface area contributed by atoms with Gasteiger partial charge in [0, 0.05) is 5.56 Å². The summed E-state index contributed by atoms with van der Waals surface area (Å²) in [4.78, 5) is 32.3. The number of pyridine rings is 2. The predicted molar refractivity (Wildman–Crippen MR) is 114 cm³/mol. The number of hydrogen-bond acceptors (Lipinski definition) is 6. The fourth-order valence-corrected chi connectivity index (χ4v) is 3.95. The van der Waals surface area contributed by atoms with E-state index in [0.29, 0.717) is 35.7 Å². The first-order valence-electron chi connectivity index (χ1n) is 10.3. The van der Waals surface area contributed by atoms with E-state index in [9.17, 15) is 14.7 Å². The molecule has 2 aromatic heterocycles. The third-order valence-electron chi connectivity index (χ3n) is 5.67. The Bertz CT molecular complexity index is 1030. The van der Waals surface area contributed by atoms with Crippen LogP contribution in [0.15, 0.2) is 10.9 Å². The number of aryl methyl sites for hydroxylation is 1. The molecule has 0 spiro atoms. The number of methoxy groups -OCH3 is 1. The first-order chi connectivity index (χ1) is 14.1. The molecule has 1 atom stereocenters. The molecule has 30 heavy (non-hydrogen) atoms. The van der Waals surface area contributed by atoms with Crippen LogP contribution < -0.4 is 10.3 Å². The summed E-state index contributed by atoms with van der Waals surface area (Å²) in [6.45, 7) is 10.8. The summed E-state index contributed by atoms with van der Waals surface area (Å²) in [7, 11) is 1.18. The van der Waals surface area contributed by atoms with Gasteiger partial charge in [-0.15, -0.1) is 0 Å². The second-order valence-electron chi connectivity index (χ2n) is 8.86. The van der Waals surface area contributed by atoms with Crippen molar-refractivity contribution in [1.82, 2.24) is 9.97 Å². The molecule has 7 heteroatoms. The number of rotatable bonds is 5. The third-order valence-corrected chi connectivity index (χ3v) is 5.67. The molecule has 7 nitrogen and oxygen atoms in total. The Morgan fingerprint density at radius 3 is 2.67 bits per heavy atom. The van der Waals surface area contributed by atoms with Crippen LogP contribution in [0.1, 0.15) is 73.6 Å². The average molecular weight is 415 g/mol. The zero-order chi connectivity index (χ0) is 22.2. The van der Waals surface area contributed by atoms with Crippen LogP contribution in [0.4, 0.5) is 0 Å². The number of aromatic nitrogens is 2. The van der Waals surface area contributed by atoms with Crippen molar-refractivity contribution >= 4 is 5.97 Å². The highest BCUT2D eigenvalue weighted by atomic mass is 16.5. The number of nitrogens with one attached hydrogen (secondary N) is 1. The van der Waals surface area contributed by atoms with Crippen LogP contribution in [0.3, 0.4) is 0 Å². The summed E-state index contributed by atoms with van der Waals surface area (Å²) < 4.78 is 10.6. The number of fused-ring (bicyclic) bond motifs is 3. The van der Waals surface area contributed by atoms with Crippen LogP contribution in [0.2, 0.25) is 0 Å². The van der Waals surface area contributed by atoms with E-state index in [1.807, 2.05) is 13.0 Å². The first-order valence-corrected chi connectivity index (χ1v) is 10.3. The molecule has 0 saturated heterocycles. The number of esters is 1. The predicted octanol–water partition coefficient (Wildman–Crippen LogP) is 4.10. The van der Waals surface area contributed by atoms with E-state index < -0.39 is 11.5 Å². The van der Waals surface area contributed by atoms with E-state index in [1.165, 1.54) is 7.11 Å². The quantitative estimate of drug-likeness (QED) is 0.564. The molecule has 0 fully saturated rings. The van der Waals surface area contributed by atoms with E-state index in [4.69, 9.17) is 14.5 Å². The molecular formula is C23H30N2O5. The maximum absolute atomic E-state index is 12.6. The zero-order valence-corrected chi connectivity index (χ0v) is 18.5. The van der Waals surface area contributed by atoms with Gasteiger partial charge in [-0.1, -0.05) is 34.1 Å². The highest BCUT2D eigenvalue weighted by Gasteiger charge is 2.39. The third kappa shape index (κ3) is 3.80. The van der Waals surface area contributed by atoms with Crippen LogP contribution in [0.25, 0.3) is 11.4 Å². The number of aromatic amines is 1. The lowest BCUT2D eigenvalue weighted by Crippen LogP contribution is -2.29. The number of hydrogen-bond donors (Lipinski definition) is 2. The summed E-state index contributed by atoms with van der Waals surface area (Å²) in [5.74, 6) is -0.600. The fourth-order valence-electron chi connectivity index (χ4n) is 3.95. The van der Waals surface area contributed by atoms with Crippen LogP contribution in [0.5, 0.6) is 11.5 Å². The summed E-state index contributed by atoms with van der Waals surface area (Å²) in [6.07, 6.45) is 2.60. The smallest absolute Gasteiger partial charge is 0.347 e. The fraction of sp³-hybridized carbons (Fsp3) is 0.522. The van der Waals surface area contributed by atoms with Gasteiger partial charge in [0.05, 0.1) is 30.8 Å². The summed E-state index contributed by atoms with van der Waals surface area (Å²) in [6, 6.07) is 1.98. The van der Waals surface area contributed by atoms with Gasteiger partial charge in [-0.05, 0) is 42.7 Å². The lowest BCUT2D eigenvalue weighted by molar-refractivity contribution is 0.0594. The van der Waals surface area contributed by atoms with Gasteiger partial charge in [-0.25, -0.2) is 9.78 Å². The molecule has 1 aliphatic carbocycles. The molecule has 3 rings (SSSR count). The van der Waals surface area contributed by atoms with Crippen LogP contribution in [0, 0.1) is 12.3 Å². The lowest BCUT2D eigenvalue weighted by atomic mass is 9.69. The maximum atomic E-state index is 12.6. The molecule has 2 N–H and O–H groups in total. The number of aromatic hydroxyl groups is 1. The molecular weight excluding hydrogens is 384 g/mol. The Morgan fingerprint density at radius 2 is 2.07 bits per heavy atom. The van der Waals surface area contributed by atoms with Gasteiger partial charge in [-0.2, -0.15) is 0 Å². The Morgan fingerprint density at radius 1 is 1.37 bits per heavy atom. The molecule has 0 aromatic carbocycles. The molecule has 0 bridgehead atoms. The van der Waals surface area contributed by atoms with Crippen LogP contribution in [-0.2, 0) is 11.2 Å². The second kappa shape index (κ2) is 8.13. The topological polar surface area (TPSA) is 102 Å². The van der Waals surface area contributed by atoms with Gasteiger partial charge < -0.3 is 19.6 Å². The van der Waals surface area contributed by atoms with Crippen molar-refractivity contribution in [3.05, 3.63) is 38.8 Å². The molecule has 0 amide bonds. The van der Waals surface area contributed by atoms with Crippen molar-refractivity contribution in [1.29, 1.82) is 0 Å². The number of unbranched alkanes of at least 4 members (excludes halogenated alkanes) is 1. The number of H-pyrrole nitrogens is 1. The SMILES string of the molecule is CCCCOc1cc2c(nc1C)-c1[nH]c(=O)c(C(=O)OC)c(O)c1C(C(C)(C)C)C2. The van der Waals surface area contributed by atoms with Crippen molar-refractivity contribution in [2.45, 2.75) is 59.8 Å². The Hall–Kier alpha value is -2.83. The monoisotopic (exact) mass is 414 g/mol. The number of carbonyl (C=O) groups excluding carboxylic acids is 1. The van der Waals surface area contributed by atoms with E-state index in [2.05, 4.69) is 32.7 Å². The highest BCUT2D eigenvalue weighted by Crippen LogP contribution is 2.50. The molecule has 0 radical (unpaired) electrons. The molecule has 2 aromatic rings. The Balaban J connectivity index is 2.24. The summed E-state index contributed by atoms with van der Waals surface area (Å²) in [5, 5.41) is 11.0. The van der Waals surface area contributed by atoms with E-state index >= 15 is 0 Å². The minimum absolute atomic E-state index is 0.145. The van der Waals surface area contributed by atoms with Crippen molar-refractivity contribution in [2.24, 2.45) is 5.41 Å². The van der Waals surface area contributed by atoms with E-state index in [-0.39, 0.29) is 22.6 Å². The minimum atomic E-state index is -0.862. The molecule has 0 aliphatic heterocycles. The zero-order valence-electron chi connectivity index (χ0n) is 18.5. The minimum Gasteiger partial charge on any atom is -0.506 e. The summed E-state index contributed by atoms with van der Waals surface area (Å²) >= 11 is 0. The largest absolute Gasteiger partial charge is 0.506 e. The average Bonchev–Trinajstić information content (AvgIpc) is 2.67. The maximum Gasteiger partial charge on any atom is 0.347 e. The van der Waals surface area contributed by atoms with Crippen molar-refractivity contribution in [3.63, 3.8) is 0 Å². The molecule has 0 saturated carbocycles. The van der Waals surface area contributed by atoms with Crippen LogP contribution in [-0.4, -0.2) is 34.8 Å². The van der Waals surface area contributed by atoms with E-state index in [1.54, 1.807) is 0 Å². The highest BCUT2D eigenvalue weighted by molar-refractivity contribution is 5.93. The van der Waals surface area contributed by atoms with Gasteiger partial charge in [0.2, 0.25) is 0 Å². The van der Waals surface area contributed by atoms with Crippen molar-refractivity contribution in [2.75, 3.05) is 13.7 Å². The molecule has 2 heterocycles. The normalized spacial score (nSPS) is 15.3. The van der Waals surface area contributed by atoms with Gasteiger partial charge in [0.25, 0.3) is 5.56 Å². The second-order valence-corrected chi connectivity index (χ2v) is 8.86. The first kappa shape index (κ1) is 21.9. The Kier molecular flexibility index (Phi) is 5.92. The van der Waals surface area contributed by atoms with Gasteiger partial charge >= 0.3 is 5.97 Å².